The molecule has 1 aromatic heterocycles. The van der Waals surface area contributed by atoms with Gasteiger partial charge in [0.15, 0.2) is 0 Å². The van der Waals surface area contributed by atoms with Crippen LogP contribution in [0.15, 0.2) is 41.0 Å². The van der Waals surface area contributed by atoms with Crippen LogP contribution in [0, 0.1) is 0 Å². The first-order valence-electron chi connectivity index (χ1n) is 8.40. The van der Waals surface area contributed by atoms with Crippen molar-refractivity contribution >= 4 is 5.91 Å². The van der Waals surface area contributed by atoms with Crippen LogP contribution >= 0.6 is 0 Å². The second-order valence-corrected chi connectivity index (χ2v) is 6.37. The monoisotopic (exact) mass is 311 g/mol. The Labute approximate surface area is 136 Å². The van der Waals surface area contributed by atoms with Gasteiger partial charge in [-0.3, -0.25) is 4.79 Å². The predicted octanol–water partition coefficient (Wildman–Crippen LogP) is 3.80. The third-order valence-electron chi connectivity index (χ3n) is 4.87. The zero-order chi connectivity index (χ0) is 15.6. The van der Waals surface area contributed by atoms with E-state index in [2.05, 4.69) is 0 Å². The number of hydrogen-bond donors (Lipinski definition) is 0. The van der Waals surface area contributed by atoms with Crippen molar-refractivity contribution in [2.45, 2.75) is 44.7 Å². The van der Waals surface area contributed by atoms with Crippen molar-refractivity contribution in [3.8, 4) is 5.75 Å². The minimum Gasteiger partial charge on any atom is -0.493 e. The third-order valence-corrected chi connectivity index (χ3v) is 4.87. The van der Waals surface area contributed by atoms with E-state index in [1.807, 2.05) is 35.2 Å². The lowest BCUT2D eigenvalue weighted by Gasteiger charge is -2.28. The molecular formula is C19H21NO3. The van der Waals surface area contributed by atoms with Crippen molar-refractivity contribution in [1.82, 2.24) is 4.90 Å². The smallest absolute Gasteiger partial charge is 0.254 e. The van der Waals surface area contributed by atoms with Gasteiger partial charge in [0.25, 0.3) is 5.91 Å². The summed E-state index contributed by atoms with van der Waals surface area (Å²) in [6.45, 7) is 1.26. The fourth-order valence-electron chi connectivity index (χ4n) is 3.64. The van der Waals surface area contributed by atoms with Gasteiger partial charge in [0.1, 0.15) is 11.5 Å². The van der Waals surface area contributed by atoms with Gasteiger partial charge in [-0.15, -0.1) is 0 Å². The Hall–Kier alpha value is -2.23. The largest absolute Gasteiger partial charge is 0.493 e. The fourth-order valence-corrected chi connectivity index (χ4v) is 3.64. The molecule has 2 aliphatic rings. The lowest BCUT2D eigenvalue weighted by Crippen LogP contribution is -2.38. The average molecular weight is 311 g/mol. The molecule has 4 heteroatoms. The highest BCUT2D eigenvalue weighted by Gasteiger charge is 2.29. The number of carbonyl (C=O) groups is 1. The first kappa shape index (κ1) is 14.4. The van der Waals surface area contributed by atoms with E-state index in [4.69, 9.17) is 9.15 Å². The molecule has 0 unspecified atom stereocenters. The molecule has 0 atom stereocenters. The molecule has 1 aromatic carbocycles. The van der Waals surface area contributed by atoms with Gasteiger partial charge in [-0.05, 0) is 48.7 Å². The molecule has 0 bridgehead atoms. The van der Waals surface area contributed by atoms with Gasteiger partial charge in [0, 0.05) is 18.0 Å². The maximum absolute atomic E-state index is 13.1. The second-order valence-electron chi connectivity index (χ2n) is 6.37. The molecule has 1 amide bonds. The highest BCUT2D eigenvalue weighted by Crippen LogP contribution is 2.29. The molecule has 120 valence electrons. The van der Waals surface area contributed by atoms with Gasteiger partial charge in [-0.25, -0.2) is 0 Å². The molecule has 1 aliphatic heterocycles. The minimum atomic E-state index is 0.100. The first-order chi connectivity index (χ1) is 11.3. The summed E-state index contributed by atoms with van der Waals surface area (Å²) in [5, 5.41) is 0. The van der Waals surface area contributed by atoms with Crippen LogP contribution in [0.5, 0.6) is 5.75 Å². The summed E-state index contributed by atoms with van der Waals surface area (Å²) in [7, 11) is 0. The standard InChI is InChI=1S/C19H21NO3/c21-19(15-7-8-18-14(12-15)9-11-23-18)20(16-4-1-2-5-16)13-17-6-3-10-22-17/h3,6-8,10,12,16H,1-2,4-5,9,11,13H2. The van der Waals surface area contributed by atoms with Crippen LogP contribution < -0.4 is 4.74 Å². The Kier molecular flexibility index (Phi) is 3.82. The Morgan fingerprint density at radius 1 is 1.22 bits per heavy atom. The molecule has 4 rings (SSSR count). The van der Waals surface area contributed by atoms with Gasteiger partial charge in [0.05, 0.1) is 19.4 Å². The Morgan fingerprint density at radius 2 is 2.09 bits per heavy atom. The number of nitrogens with zero attached hydrogens (tertiary/aromatic N) is 1. The van der Waals surface area contributed by atoms with Crippen molar-refractivity contribution in [3.63, 3.8) is 0 Å². The van der Waals surface area contributed by atoms with Crippen molar-refractivity contribution in [1.29, 1.82) is 0 Å². The van der Waals surface area contributed by atoms with Gasteiger partial charge < -0.3 is 14.1 Å². The van der Waals surface area contributed by atoms with E-state index in [9.17, 15) is 4.79 Å². The van der Waals surface area contributed by atoms with Crippen LogP contribution in [0.4, 0.5) is 0 Å². The van der Waals surface area contributed by atoms with Crippen LogP contribution in [-0.2, 0) is 13.0 Å². The van der Waals surface area contributed by atoms with E-state index in [0.29, 0.717) is 19.2 Å². The molecule has 1 fully saturated rings. The topological polar surface area (TPSA) is 42.7 Å². The molecule has 0 spiro atoms. The quantitative estimate of drug-likeness (QED) is 0.862. The molecule has 0 radical (unpaired) electrons. The van der Waals surface area contributed by atoms with E-state index in [1.165, 1.54) is 12.8 Å². The summed E-state index contributed by atoms with van der Waals surface area (Å²) in [5.41, 5.74) is 1.90. The zero-order valence-corrected chi connectivity index (χ0v) is 13.2. The number of ether oxygens (including phenoxy) is 1. The number of amides is 1. The Bertz CT molecular complexity index is 687. The summed E-state index contributed by atoms with van der Waals surface area (Å²) < 4.78 is 11.0. The van der Waals surface area contributed by atoms with E-state index in [-0.39, 0.29) is 5.91 Å². The number of fused-ring (bicyclic) bond motifs is 1. The molecule has 0 N–H and O–H groups in total. The third kappa shape index (κ3) is 2.85. The lowest BCUT2D eigenvalue weighted by atomic mass is 10.1. The SMILES string of the molecule is O=C(c1ccc2c(c1)CCO2)N(Cc1ccco1)C1CCCC1. The first-order valence-corrected chi connectivity index (χ1v) is 8.40. The number of hydrogen-bond acceptors (Lipinski definition) is 3. The number of carbonyl (C=O) groups excluding carboxylic acids is 1. The van der Waals surface area contributed by atoms with Crippen LogP contribution in [0.3, 0.4) is 0 Å². The average Bonchev–Trinajstić information content (AvgIpc) is 3.33. The Morgan fingerprint density at radius 3 is 2.87 bits per heavy atom. The summed E-state index contributed by atoms with van der Waals surface area (Å²) in [4.78, 5) is 15.1. The highest BCUT2D eigenvalue weighted by atomic mass is 16.5. The maximum atomic E-state index is 13.1. The van der Waals surface area contributed by atoms with Crippen LogP contribution in [-0.4, -0.2) is 23.5 Å². The molecular weight excluding hydrogens is 290 g/mol. The summed E-state index contributed by atoms with van der Waals surface area (Å²) in [5.74, 6) is 1.86. The minimum absolute atomic E-state index is 0.100. The molecule has 23 heavy (non-hydrogen) atoms. The normalized spacial score (nSPS) is 17.0. The molecule has 4 nitrogen and oxygen atoms in total. The van der Waals surface area contributed by atoms with Gasteiger partial charge in [0.2, 0.25) is 0 Å². The van der Waals surface area contributed by atoms with Gasteiger partial charge >= 0.3 is 0 Å². The predicted molar refractivity (Wildman–Crippen MR) is 86.5 cm³/mol. The number of benzene rings is 1. The maximum Gasteiger partial charge on any atom is 0.254 e. The molecule has 0 saturated heterocycles. The number of furan rings is 1. The van der Waals surface area contributed by atoms with Gasteiger partial charge in [-0.2, -0.15) is 0 Å². The zero-order valence-electron chi connectivity index (χ0n) is 13.2. The van der Waals surface area contributed by atoms with Crippen molar-refractivity contribution in [3.05, 3.63) is 53.5 Å². The molecule has 1 aliphatic carbocycles. The van der Waals surface area contributed by atoms with Crippen molar-refractivity contribution < 1.29 is 13.9 Å². The van der Waals surface area contributed by atoms with Crippen LogP contribution in [0.1, 0.15) is 47.4 Å². The Balaban J connectivity index is 1.60. The summed E-state index contributed by atoms with van der Waals surface area (Å²) >= 11 is 0. The summed E-state index contributed by atoms with van der Waals surface area (Å²) in [6, 6.07) is 9.93. The van der Waals surface area contributed by atoms with Crippen LogP contribution in [0.2, 0.25) is 0 Å². The van der Waals surface area contributed by atoms with E-state index in [1.54, 1.807) is 6.26 Å². The van der Waals surface area contributed by atoms with Gasteiger partial charge in [-0.1, -0.05) is 12.8 Å². The summed E-state index contributed by atoms with van der Waals surface area (Å²) in [6.07, 6.45) is 7.12. The second kappa shape index (κ2) is 6.11. The molecule has 1 saturated carbocycles. The van der Waals surface area contributed by atoms with E-state index >= 15 is 0 Å². The van der Waals surface area contributed by atoms with Crippen LogP contribution in [0.25, 0.3) is 0 Å². The fraction of sp³-hybridized carbons (Fsp3) is 0.421. The lowest BCUT2D eigenvalue weighted by molar-refractivity contribution is 0.0649. The highest BCUT2D eigenvalue weighted by molar-refractivity contribution is 5.95. The molecule has 2 aromatic rings. The molecule has 2 heterocycles. The van der Waals surface area contributed by atoms with E-state index < -0.39 is 0 Å². The van der Waals surface area contributed by atoms with Crippen molar-refractivity contribution in [2.24, 2.45) is 0 Å². The van der Waals surface area contributed by atoms with Crippen molar-refractivity contribution in [2.75, 3.05) is 6.61 Å². The number of rotatable bonds is 4. The van der Waals surface area contributed by atoms with E-state index in [0.717, 1.165) is 41.9 Å².